The van der Waals surface area contributed by atoms with E-state index in [0.717, 1.165) is 5.56 Å². The molecule has 0 radical (unpaired) electrons. The first kappa shape index (κ1) is 26.8. The first-order chi connectivity index (χ1) is 16.7. The van der Waals surface area contributed by atoms with Gasteiger partial charge in [0.05, 0.1) is 17.8 Å². The summed E-state index contributed by atoms with van der Waals surface area (Å²) in [5.74, 6) is -1.30. The van der Waals surface area contributed by atoms with Crippen LogP contribution in [0.4, 0.5) is 4.79 Å². The van der Waals surface area contributed by atoms with Gasteiger partial charge in [-0.3, -0.25) is 4.79 Å². The van der Waals surface area contributed by atoms with E-state index in [2.05, 4.69) is 11.9 Å². The Labute approximate surface area is 212 Å². The van der Waals surface area contributed by atoms with Gasteiger partial charge < -0.3 is 30.1 Å². The molecule has 2 saturated carbocycles. The summed E-state index contributed by atoms with van der Waals surface area (Å²) >= 11 is 0. The number of ether oxygens (including phenoxy) is 2. The molecule has 1 amide bonds. The maximum Gasteiger partial charge on any atom is 0.407 e. The molecular formula is C28H39NO7. The molecule has 2 aliphatic carbocycles. The molecule has 0 aromatic heterocycles. The number of rotatable bonds is 4. The van der Waals surface area contributed by atoms with E-state index < -0.39 is 63.7 Å². The average Bonchev–Trinajstić information content (AvgIpc) is 2.81. The molecule has 0 spiro atoms. The third-order valence-corrected chi connectivity index (χ3v) is 9.24. The Kier molecular flexibility index (Phi) is 6.44. The lowest BCUT2D eigenvalue weighted by molar-refractivity contribution is -0.369. The topological polar surface area (TPSA) is 125 Å². The summed E-state index contributed by atoms with van der Waals surface area (Å²) in [4.78, 5) is 26.9. The van der Waals surface area contributed by atoms with E-state index in [1.54, 1.807) is 13.8 Å². The van der Waals surface area contributed by atoms with E-state index in [1.165, 1.54) is 13.0 Å². The third-order valence-electron chi connectivity index (χ3n) is 9.24. The summed E-state index contributed by atoms with van der Waals surface area (Å²) in [6, 6.07) is 9.27. The van der Waals surface area contributed by atoms with Gasteiger partial charge in [-0.05, 0) is 37.7 Å². The lowest BCUT2D eigenvalue weighted by atomic mass is 9.40. The van der Waals surface area contributed by atoms with Gasteiger partial charge in [0.25, 0.3) is 0 Å². The van der Waals surface area contributed by atoms with E-state index in [1.807, 2.05) is 44.2 Å². The number of aliphatic hydroxyl groups is 3. The zero-order valence-corrected chi connectivity index (χ0v) is 21.8. The van der Waals surface area contributed by atoms with Crippen LogP contribution < -0.4 is 5.32 Å². The maximum absolute atomic E-state index is 13.9. The van der Waals surface area contributed by atoms with E-state index in [4.69, 9.17) is 9.47 Å². The van der Waals surface area contributed by atoms with E-state index in [-0.39, 0.29) is 13.0 Å². The molecule has 1 aromatic rings. The van der Waals surface area contributed by atoms with Crippen LogP contribution in [0.2, 0.25) is 0 Å². The van der Waals surface area contributed by atoms with Crippen LogP contribution in [-0.2, 0) is 20.8 Å². The summed E-state index contributed by atoms with van der Waals surface area (Å²) in [5.41, 5.74) is -6.45. The monoisotopic (exact) mass is 501 g/mol. The summed E-state index contributed by atoms with van der Waals surface area (Å²) < 4.78 is 12.2. The minimum atomic E-state index is -2.24. The highest BCUT2D eigenvalue weighted by atomic mass is 16.6. The number of carbonyl (C=O) groups excluding carboxylic acids is 2. The van der Waals surface area contributed by atoms with Crippen molar-refractivity contribution < 1.29 is 34.4 Å². The Morgan fingerprint density at radius 3 is 2.44 bits per heavy atom. The zero-order valence-electron chi connectivity index (χ0n) is 21.8. The van der Waals surface area contributed by atoms with Crippen molar-refractivity contribution in [2.45, 2.75) is 95.5 Å². The molecule has 0 bridgehead atoms. The van der Waals surface area contributed by atoms with Crippen LogP contribution in [0.15, 0.2) is 43.0 Å². The lowest BCUT2D eigenvalue weighted by Gasteiger charge is -2.71. The fourth-order valence-corrected chi connectivity index (χ4v) is 7.41. The Balaban J connectivity index is 1.79. The van der Waals surface area contributed by atoms with Gasteiger partial charge in [-0.25, -0.2) is 4.79 Å². The number of aliphatic hydroxyl groups excluding tert-OH is 2. The van der Waals surface area contributed by atoms with Gasteiger partial charge in [0.15, 0.2) is 17.5 Å². The first-order valence-corrected chi connectivity index (χ1v) is 12.6. The third kappa shape index (κ3) is 3.64. The Hall–Kier alpha value is -2.26. The number of ketones is 1. The van der Waals surface area contributed by atoms with Gasteiger partial charge in [-0.2, -0.15) is 0 Å². The molecule has 1 saturated heterocycles. The molecule has 3 fully saturated rings. The standard InChI is InChI=1S/C28H39NO7/c1-7-25(4)15-19(31)28(34)26(5)18(30)13-14-24(2,3)21(26)20(32)22(27(28,6)36-25)35-23(33)29-16-17-11-9-8-10-12-17/h7-12,18,20-22,30,32,34H,1,13-16H2,2-6H3,(H,29,33)/t18-,20-,21-,22-,25-,26-,27+,28-/m0/s1. The van der Waals surface area contributed by atoms with E-state index in [0.29, 0.717) is 12.8 Å². The van der Waals surface area contributed by atoms with Crippen LogP contribution >= 0.6 is 0 Å². The normalized spacial score (nSPS) is 43.6. The van der Waals surface area contributed by atoms with Gasteiger partial charge >= 0.3 is 6.09 Å². The van der Waals surface area contributed by atoms with Gasteiger partial charge in [-0.15, -0.1) is 6.58 Å². The van der Waals surface area contributed by atoms with Gasteiger partial charge in [0.1, 0.15) is 5.60 Å². The van der Waals surface area contributed by atoms with Crippen molar-refractivity contribution in [3.8, 4) is 0 Å². The van der Waals surface area contributed by atoms with Crippen LogP contribution in [0.5, 0.6) is 0 Å². The van der Waals surface area contributed by atoms with Crippen molar-refractivity contribution in [1.29, 1.82) is 0 Å². The molecule has 4 rings (SSSR count). The predicted octanol–water partition coefficient (Wildman–Crippen LogP) is 2.88. The summed E-state index contributed by atoms with van der Waals surface area (Å²) in [7, 11) is 0. The number of nitrogens with one attached hydrogen (secondary N) is 1. The fourth-order valence-electron chi connectivity index (χ4n) is 7.41. The smallest absolute Gasteiger partial charge is 0.407 e. The molecule has 36 heavy (non-hydrogen) atoms. The molecule has 198 valence electrons. The summed E-state index contributed by atoms with van der Waals surface area (Å²) in [5, 5.41) is 38.2. The molecule has 8 nitrogen and oxygen atoms in total. The minimum Gasteiger partial charge on any atom is -0.440 e. The Morgan fingerprint density at radius 1 is 1.19 bits per heavy atom. The van der Waals surface area contributed by atoms with Crippen LogP contribution in [-0.4, -0.2) is 62.3 Å². The van der Waals surface area contributed by atoms with Crippen molar-refractivity contribution in [3.05, 3.63) is 48.6 Å². The minimum absolute atomic E-state index is 0.166. The fraction of sp³-hybridized carbons (Fsp3) is 0.643. The predicted molar refractivity (Wildman–Crippen MR) is 133 cm³/mol. The number of alkyl carbamates (subject to hydrolysis) is 1. The van der Waals surface area contributed by atoms with E-state index in [9.17, 15) is 24.9 Å². The Morgan fingerprint density at radius 2 is 1.83 bits per heavy atom. The number of amides is 1. The van der Waals surface area contributed by atoms with Crippen LogP contribution in [0.25, 0.3) is 0 Å². The molecule has 8 atom stereocenters. The molecule has 8 heteroatoms. The second-order valence-corrected chi connectivity index (χ2v) is 12.0. The van der Waals surface area contributed by atoms with Crippen LogP contribution in [0.1, 0.15) is 59.4 Å². The van der Waals surface area contributed by atoms with Crippen molar-refractivity contribution >= 4 is 11.9 Å². The lowest BCUT2D eigenvalue weighted by Crippen LogP contribution is -2.86. The molecule has 1 aromatic carbocycles. The SMILES string of the molecule is C=C[C@@]1(C)CC(=O)[C@]2(O)[C@@]3(C)[C@@H](O)CCC(C)(C)[C@@H]3[C@H](O)[C@H](OC(=O)NCc3ccccc3)[C@@]2(C)O1. The molecule has 1 heterocycles. The molecular weight excluding hydrogens is 462 g/mol. The van der Waals surface area contributed by atoms with Crippen molar-refractivity contribution in [2.24, 2.45) is 16.7 Å². The maximum atomic E-state index is 13.9. The van der Waals surface area contributed by atoms with Crippen molar-refractivity contribution in [2.75, 3.05) is 0 Å². The number of hydrogen-bond acceptors (Lipinski definition) is 7. The molecule has 4 N–H and O–H groups in total. The summed E-state index contributed by atoms with van der Waals surface area (Å²) in [6.07, 6.45) is -2.40. The second kappa shape index (κ2) is 8.65. The largest absolute Gasteiger partial charge is 0.440 e. The second-order valence-electron chi connectivity index (χ2n) is 12.0. The number of benzene rings is 1. The van der Waals surface area contributed by atoms with Gasteiger partial charge in [0, 0.05) is 24.3 Å². The molecule has 3 aliphatic rings. The first-order valence-electron chi connectivity index (χ1n) is 12.6. The molecule has 1 aliphatic heterocycles. The zero-order chi connectivity index (χ0) is 26.7. The van der Waals surface area contributed by atoms with Crippen LogP contribution in [0, 0.1) is 16.7 Å². The highest BCUT2D eigenvalue weighted by Crippen LogP contribution is 2.67. The van der Waals surface area contributed by atoms with Crippen LogP contribution in [0.3, 0.4) is 0 Å². The van der Waals surface area contributed by atoms with E-state index >= 15 is 0 Å². The van der Waals surface area contributed by atoms with Gasteiger partial charge in [-0.1, -0.05) is 57.2 Å². The Bertz CT molecular complexity index is 1040. The number of hydrogen-bond donors (Lipinski definition) is 4. The number of Topliss-reactive ketones (excluding diaryl/α,β-unsaturated/α-hetero) is 1. The van der Waals surface area contributed by atoms with Gasteiger partial charge in [0.2, 0.25) is 0 Å². The number of fused-ring (bicyclic) bond motifs is 3. The van der Waals surface area contributed by atoms with Crippen molar-refractivity contribution in [1.82, 2.24) is 5.32 Å². The quantitative estimate of drug-likeness (QED) is 0.468. The number of carbonyl (C=O) groups is 2. The average molecular weight is 502 g/mol. The summed E-state index contributed by atoms with van der Waals surface area (Å²) in [6.45, 7) is 12.7. The van der Waals surface area contributed by atoms with Crippen molar-refractivity contribution in [3.63, 3.8) is 0 Å². The highest BCUT2D eigenvalue weighted by Gasteiger charge is 2.81. The highest BCUT2D eigenvalue weighted by molar-refractivity contribution is 5.92. The molecule has 0 unspecified atom stereocenters.